The summed E-state index contributed by atoms with van der Waals surface area (Å²) < 4.78 is 20.8. The minimum atomic E-state index is -1.23. The van der Waals surface area contributed by atoms with Crippen molar-refractivity contribution in [3.05, 3.63) is 101 Å². The van der Waals surface area contributed by atoms with Gasteiger partial charge in [-0.3, -0.25) is 9.59 Å². The van der Waals surface area contributed by atoms with Crippen molar-refractivity contribution in [2.45, 2.75) is 57.6 Å². The van der Waals surface area contributed by atoms with E-state index in [1.165, 1.54) is 0 Å². The Hall–Kier alpha value is -4.62. The summed E-state index contributed by atoms with van der Waals surface area (Å²) in [6, 6.07) is 20.1. The van der Waals surface area contributed by atoms with Crippen LogP contribution in [0.25, 0.3) is 0 Å². The van der Waals surface area contributed by atoms with Crippen LogP contribution in [0, 0.1) is 0 Å². The van der Waals surface area contributed by atoms with Gasteiger partial charge in [0.15, 0.2) is 0 Å². The van der Waals surface area contributed by atoms with E-state index >= 15 is 0 Å². The minimum Gasteiger partial charge on any atom is -0.491 e. The fraction of sp³-hybridized carbons (Fsp3) is 0.385. The highest BCUT2D eigenvalue weighted by Gasteiger charge is 2.54. The van der Waals surface area contributed by atoms with Gasteiger partial charge >= 0.3 is 6.03 Å². The molecule has 14 heteroatoms. The molecule has 4 heterocycles. The maximum Gasteiger partial charge on any atom is 0.339 e. The van der Waals surface area contributed by atoms with E-state index in [0.29, 0.717) is 47.5 Å². The van der Waals surface area contributed by atoms with Crippen LogP contribution in [-0.2, 0) is 31.4 Å². The number of anilines is 3. The topological polar surface area (TPSA) is 110 Å². The molecule has 3 aliphatic heterocycles. The lowest BCUT2D eigenvalue weighted by Gasteiger charge is -2.37. The zero-order valence-electron chi connectivity index (χ0n) is 29.9. The maximum absolute atomic E-state index is 13.2. The molecule has 2 atom stereocenters. The highest BCUT2D eigenvalue weighted by molar-refractivity contribution is 6.35. The van der Waals surface area contributed by atoms with Crippen LogP contribution in [0.3, 0.4) is 0 Å². The smallest absolute Gasteiger partial charge is 0.339 e. The number of benzene rings is 3. The van der Waals surface area contributed by atoms with E-state index in [4.69, 9.17) is 37.4 Å². The van der Waals surface area contributed by atoms with Crippen LogP contribution in [0.4, 0.5) is 21.9 Å². The van der Waals surface area contributed by atoms with E-state index in [-0.39, 0.29) is 18.4 Å². The fourth-order valence-corrected chi connectivity index (χ4v) is 7.67. The van der Waals surface area contributed by atoms with E-state index < -0.39 is 23.3 Å². The van der Waals surface area contributed by atoms with Crippen molar-refractivity contribution in [3.8, 4) is 5.75 Å². The number of rotatable bonds is 11. The number of amides is 4. The lowest BCUT2D eigenvalue weighted by atomic mass is 10.0. The molecule has 278 valence electrons. The molecule has 0 spiro atoms. The number of nitrogens with zero attached hydrogens (tertiary/aromatic N) is 6. The second-order valence-corrected chi connectivity index (χ2v) is 14.8. The van der Waals surface area contributed by atoms with Gasteiger partial charge in [-0.25, -0.2) is 19.6 Å². The Morgan fingerprint density at radius 1 is 0.925 bits per heavy atom. The van der Waals surface area contributed by atoms with E-state index in [9.17, 15) is 14.4 Å². The average Bonchev–Trinajstić information content (AvgIpc) is 3.85. The SMILES string of the molecule is CCCC(=O)N1C(=O)N(c2ccc(N3CCN(c4ccc(OCC5COC(Cn6ccnc6)(c6ccc(Cl)cc6Cl)O5)cc4)CC3)cc2)C(=O)C1(C)C. The Balaban J connectivity index is 0.924. The third-order valence-corrected chi connectivity index (χ3v) is 10.5. The molecule has 4 amide bonds. The van der Waals surface area contributed by atoms with Crippen LogP contribution in [0.15, 0.2) is 85.5 Å². The molecule has 3 aliphatic rings. The van der Waals surface area contributed by atoms with E-state index in [1.54, 1.807) is 50.6 Å². The van der Waals surface area contributed by atoms with Crippen molar-refractivity contribution in [1.29, 1.82) is 0 Å². The van der Waals surface area contributed by atoms with Gasteiger partial charge in [0.25, 0.3) is 5.91 Å². The third-order valence-electron chi connectivity index (χ3n) is 9.92. The van der Waals surface area contributed by atoms with Crippen molar-refractivity contribution in [2.24, 2.45) is 0 Å². The molecule has 0 radical (unpaired) electrons. The Kier molecular flexibility index (Phi) is 10.4. The molecule has 12 nitrogen and oxygen atoms in total. The van der Waals surface area contributed by atoms with E-state index in [2.05, 4.69) is 26.9 Å². The number of piperazine rings is 1. The molecule has 4 aromatic rings. The van der Waals surface area contributed by atoms with Crippen LogP contribution in [0.2, 0.25) is 10.0 Å². The summed E-state index contributed by atoms with van der Waals surface area (Å²) in [7, 11) is 0. The predicted molar refractivity (Wildman–Crippen MR) is 203 cm³/mol. The highest BCUT2D eigenvalue weighted by Crippen LogP contribution is 2.41. The lowest BCUT2D eigenvalue weighted by molar-refractivity contribution is -0.189. The third kappa shape index (κ3) is 7.33. The highest BCUT2D eigenvalue weighted by atomic mass is 35.5. The predicted octanol–water partition coefficient (Wildman–Crippen LogP) is 6.74. The van der Waals surface area contributed by atoms with Gasteiger partial charge in [-0.05, 0) is 80.9 Å². The molecular weight excluding hydrogens is 719 g/mol. The Bertz CT molecular complexity index is 1950. The molecule has 0 bridgehead atoms. The number of hydrogen-bond acceptors (Lipinski definition) is 9. The number of ether oxygens (including phenoxy) is 3. The van der Waals surface area contributed by atoms with Gasteiger partial charge in [-0.1, -0.05) is 36.2 Å². The zero-order chi connectivity index (χ0) is 37.3. The van der Waals surface area contributed by atoms with Gasteiger partial charge in [0, 0.05) is 67.0 Å². The number of hydrogen-bond donors (Lipinski definition) is 0. The number of imidazole rings is 1. The monoisotopic (exact) mass is 760 g/mol. The first-order valence-corrected chi connectivity index (χ1v) is 18.5. The van der Waals surface area contributed by atoms with Crippen LogP contribution < -0.4 is 19.4 Å². The summed E-state index contributed by atoms with van der Waals surface area (Å²) in [5.74, 6) is -1.14. The fourth-order valence-electron chi connectivity index (χ4n) is 7.12. The van der Waals surface area contributed by atoms with Crippen molar-refractivity contribution in [2.75, 3.05) is 54.1 Å². The van der Waals surface area contributed by atoms with Crippen LogP contribution >= 0.6 is 23.2 Å². The minimum absolute atomic E-state index is 0.211. The molecule has 1 aromatic heterocycles. The van der Waals surface area contributed by atoms with Gasteiger partial charge in [-0.15, -0.1) is 0 Å². The van der Waals surface area contributed by atoms with Crippen LogP contribution in [0.1, 0.15) is 39.2 Å². The Morgan fingerprint density at radius 3 is 2.17 bits per heavy atom. The van der Waals surface area contributed by atoms with Gasteiger partial charge in [0.05, 0.1) is 30.2 Å². The zero-order valence-corrected chi connectivity index (χ0v) is 31.4. The summed E-state index contributed by atoms with van der Waals surface area (Å²) in [6.07, 6.45) is 5.73. The maximum atomic E-state index is 13.2. The largest absolute Gasteiger partial charge is 0.491 e. The molecular formula is C39H42Cl2N6O6. The molecule has 3 fully saturated rings. The average molecular weight is 762 g/mol. The van der Waals surface area contributed by atoms with Crippen molar-refractivity contribution < 1.29 is 28.6 Å². The lowest BCUT2D eigenvalue weighted by Crippen LogP contribution is -2.47. The normalized spacial score (nSPS) is 21.5. The number of aromatic nitrogens is 2. The van der Waals surface area contributed by atoms with Crippen molar-refractivity contribution >= 4 is 58.1 Å². The first kappa shape index (κ1) is 36.7. The molecule has 2 unspecified atom stereocenters. The summed E-state index contributed by atoms with van der Waals surface area (Å²) in [5.41, 5.74) is 2.01. The standard InChI is InChI=1S/C39H42Cl2N6O6/c1-4-5-35(48)47-37(50)46(36(49)38(47,2)3)30-9-7-28(8-10-30)44-18-20-45(21-19-44)29-11-13-31(14-12-29)51-23-32-24-52-39(53-32,25-43-17-16-42-26-43)33-15-6-27(40)22-34(33)41/h6-17,22,26,32H,4-5,18-21,23-25H2,1-3H3. The van der Waals surface area contributed by atoms with Gasteiger partial charge < -0.3 is 28.6 Å². The van der Waals surface area contributed by atoms with Gasteiger partial charge in [0.1, 0.15) is 24.0 Å². The molecule has 0 aliphatic carbocycles. The van der Waals surface area contributed by atoms with Crippen LogP contribution in [0.5, 0.6) is 5.75 Å². The molecule has 0 saturated carbocycles. The van der Waals surface area contributed by atoms with Crippen LogP contribution in [-0.4, -0.2) is 83.3 Å². The molecule has 53 heavy (non-hydrogen) atoms. The summed E-state index contributed by atoms with van der Waals surface area (Å²) in [5, 5.41) is 0.987. The molecule has 3 aromatic carbocycles. The first-order valence-electron chi connectivity index (χ1n) is 17.8. The summed E-state index contributed by atoms with van der Waals surface area (Å²) in [6.45, 7) is 9.29. The van der Waals surface area contributed by atoms with Crippen molar-refractivity contribution in [3.63, 3.8) is 0 Å². The molecule has 3 saturated heterocycles. The van der Waals surface area contributed by atoms with E-state index in [1.807, 2.05) is 48.0 Å². The molecule has 7 rings (SSSR count). The van der Waals surface area contributed by atoms with Gasteiger partial charge in [-0.2, -0.15) is 0 Å². The number of halogens is 2. The number of imide groups is 2. The first-order chi connectivity index (χ1) is 25.5. The second kappa shape index (κ2) is 15.0. The van der Waals surface area contributed by atoms with Crippen molar-refractivity contribution in [1.82, 2.24) is 14.5 Å². The Labute approximate surface area is 318 Å². The molecule has 0 N–H and O–H groups in total. The van der Waals surface area contributed by atoms with E-state index in [0.717, 1.165) is 53.1 Å². The number of urea groups is 1. The summed E-state index contributed by atoms with van der Waals surface area (Å²) in [4.78, 5) is 50.1. The number of carbonyl (C=O) groups excluding carboxylic acids is 3. The second-order valence-electron chi connectivity index (χ2n) is 13.9. The summed E-state index contributed by atoms with van der Waals surface area (Å²) >= 11 is 12.8. The van der Waals surface area contributed by atoms with Gasteiger partial charge in [0.2, 0.25) is 11.7 Å². The quantitative estimate of drug-likeness (QED) is 0.154. The number of carbonyl (C=O) groups is 3. The Morgan fingerprint density at radius 2 is 1.57 bits per heavy atom.